The second-order valence-electron chi connectivity index (χ2n) is 5.63. The van der Waals surface area contributed by atoms with Gasteiger partial charge in [-0.2, -0.15) is 0 Å². The minimum absolute atomic E-state index is 0.0822. The maximum Gasteiger partial charge on any atom is 0.266 e. The van der Waals surface area contributed by atoms with Crippen LogP contribution in [0.15, 0.2) is 53.0 Å². The lowest BCUT2D eigenvalue weighted by Crippen LogP contribution is -2.33. The van der Waals surface area contributed by atoms with Crippen LogP contribution in [0.25, 0.3) is 0 Å². The number of nitrogens with one attached hydrogen (secondary N) is 1. The molecule has 0 aromatic heterocycles. The van der Waals surface area contributed by atoms with E-state index in [-0.39, 0.29) is 5.91 Å². The van der Waals surface area contributed by atoms with Gasteiger partial charge in [-0.1, -0.05) is 36.4 Å². The summed E-state index contributed by atoms with van der Waals surface area (Å²) >= 11 is 3.50. The number of halogens is 1. The number of aryl methyl sites for hydroxylation is 1. The zero-order valence-corrected chi connectivity index (χ0v) is 14.0. The second-order valence-corrected chi connectivity index (χ2v) is 6.48. The SMILES string of the molecule is Cc1ccc(O[C@H](C(=O)NC2CC2)c2ccccc2)c(Br)c1. The molecule has 1 fully saturated rings. The van der Waals surface area contributed by atoms with Gasteiger partial charge in [-0.25, -0.2) is 0 Å². The third kappa shape index (κ3) is 3.69. The van der Waals surface area contributed by atoms with Crippen LogP contribution in [0.1, 0.15) is 30.1 Å². The van der Waals surface area contributed by atoms with Crippen LogP contribution in [0.4, 0.5) is 0 Å². The molecule has 2 aromatic rings. The fourth-order valence-electron chi connectivity index (χ4n) is 2.23. The van der Waals surface area contributed by atoms with Crippen molar-refractivity contribution >= 4 is 21.8 Å². The molecule has 0 radical (unpaired) electrons. The van der Waals surface area contributed by atoms with Crippen LogP contribution in [0, 0.1) is 6.92 Å². The zero-order valence-electron chi connectivity index (χ0n) is 12.4. The number of hydrogen-bond acceptors (Lipinski definition) is 2. The number of hydrogen-bond donors (Lipinski definition) is 1. The van der Waals surface area contributed by atoms with Gasteiger partial charge >= 0.3 is 0 Å². The predicted molar refractivity (Wildman–Crippen MR) is 89.9 cm³/mol. The lowest BCUT2D eigenvalue weighted by Gasteiger charge is -2.20. The van der Waals surface area contributed by atoms with E-state index in [4.69, 9.17) is 4.74 Å². The van der Waals surface area contributed by atoms with E-state index >= 15 is 0 Å². The molecule has 1 aliphatic rings. The van der Waals surface area contributed by atoms with Gasteiger partial charge in [0.1, 0.15) is 5.75 Å². The van der Waals surface area contributed by atoms with Crippen molar-refractivity contribution in [1.29, 1.82) is 0 Å². The molecular formula is C18H18BrNO2. The Kier molecular flexibility index (Phi) is 4.48. The van der Waals surface area contributed by atoms with Crippen molar-refractivity contribution in [2.45, 2.75) is 31.9 Å². The lowest BCUT2D eigenvalue weighted by molar-refractivity contribution is -0.128. The smallest absolute Gasteiger partial charge is 0.266 e. The fourth-order valence-corrected chi connectivity index (χ4v) is 2.82. The molecule has 4 heteroatoms. The number of benzene rings is 2. The van der Waals surface area contributed by atoms with Crippen LogP contribution in [-0.4, -0.2) is 11.9 Å². The van der Waals surface area contributed by atoms with Gasteiger partial charge in [0, 0.05) is 11.6 Å². The van der Waals surface area contributed by atoms with E-state index in [0.29, 0.717) is 11.8 Å². The molecule has 1 N–H and O–H groups in total. The number of rotatable bonds is 5. The minimum atomic E-state index is -0.638. The van der Waals surface area contributed by atoms with Crippen molar-refractivity contribution < 1.29 is 9.53 Å². The van der Waals surface area contributed by atoms with E-state index in [9.17, 15) is 4.79 Å². The minimum Gasteiger partial charge on any atom is -0.475 e. The number of ether oxygens (including phenoxy) is 1. The number of amides is 1. The van der Waals surface area contributed by atoms with Crippen LogP contribution in [0.3, 0.4) is 0 Å². The second kappa shape index (κ2) is 6.53. The highest BCUT2D eigenvalue weighted by atomic mass is 79.9. The summed E-state index contributed by atoms with van der Waals surface area (Å²) in [5.74, 6) is 0.589. The monoisotopic (exact) mass is 359 g/mol. The topological polar surface area (TPSA) is 38.3 Å². The van der Waals surface area contributed by atoms with E-state index in [1.807, 2.05) is 55.5 Å². The number of carbonyl (C=O) groups is 1. The van der Waals surface area contributed by atoms with Crippen molar-refractivity contribution in [3.63, 3.8) is 0 Å². The van der Waals surface area contributed by atoms with Gasteiger partial charge in [-0.15, -0.1) is 0 Å². The molecule has 1 atom stereocenters. The van der Waals surface area contributed by atoms with Crippen LogP contribution in [0.2, 0.25) is 0 Å². The fraction of sp³-hybridized carbons (Fsp3) is 0.278. The summed E-state index contributed by atoms with van der Waals surface area (Å²) in [6.07, 6.45) is 1.48. The summed E-state index contributed by atoms with van der Waals surface area (Å²) in [4.78, 5) is 12.5. The Morgan fingerprint density at radius 3 is 2.59 bits per heavy atom. The maximum absolute atomic E-state index is 12.5. The van der Waals surface area contributed by atoms with Gasteiger partial charge in [-0.3, -0.25) is 4.79 Å². The quantitative estimate of drug-likeness (QED) is 0.870. The third-order valence-electron chi connectivity index (χ3n) is 3.60. The first kappa shape index (κ1) is 15.1. The Hall–Kier alpha value is -1.81. The molecule has 3 nitrogen and oxygen atoms in total. The first-order valence-corrected chi connectivity index (χ1v) is 8.21. The molecule has 0 unspecified atom stereocenters. The Bertz CT molecular complexity index is 668. The molecule has 3 rings (SSSR count). The van der Waals surface area contributed by atoms with Crippen LogP contribution in [0.5, 0.6) is 5.75 Å². The molecule has 0 bridgehead atoms. The molecule has 0 heterocycles. The van der Waals surface area contributed by atoms with Crippen LogP contribution >= 0.6 is 15.9 Å². The Morgan fingerprint density at radius 2 is 1.95 bits per heavy atom. The highest BCUT2D eigenvalue weighted by Crippen LogP contribution is 2.31. The molecule has 0 saturated heterocycles. The lowest BCUT2D eigenvalue weighted by atomic mass is 10.1. The first-order valence-electron chi connectivity index (χ1n) is 7.41. The molecule has 1 aliphatic carbocycles. The highest BCUT2D eigenvalue weighted by Gasteiger charge is 2.29. The van der Waals surface area contributed by atoms with E-state index in [1.54, 1.807) is 0 Å². The maximum atomic E-state index is 12.5. The van der Waals surface area contributed by atoms with E-state index < -0.39 is 6.10 Å². The molecule has 2 aromatic carbocycles. The van der Waals surface area contributed by atoms with Gasteiger partial charge in [0.05, 0.1) is 4.47 Å². The predicted octanol–water partition coefficient (Wildman–Crippen LogP) is 4.16. The first-order chi connectivity index (χ1) is 10.6. The Morgan fingerprint density at radius 1 is 1.23 bits per heavy atom. The van der Waals surface area contributed by atoms with E-state index in [1.165, 1.54) is 0 Å². The molecule has 0 spiro atoms. The summed E-state index contributed by atoms with van der Waals surface area (Å²) in [5.41, 5.74) is 1.99. The zero-order chi connectivity index (χ0) is 15.5. The van der Waals surface area contributed by atoms with Crippen LogP contribution in [-0.2, 0) is 4.79 Å². The summed E-state index contributed by atoms with van der Waals surface area (Å²) in [7, 11) is 0. The van der Waals surface area contributed by atoms with Crippen molar-refractivity contribution in [1.82, 2.24) is 5.32 Å². The van der Waals surface area contributed by atoms with E-state index in [0.717, 1.165) is 28.4 Å². The normalized spacial score (nSPS) is 15.2. The van der Waals surface area contributed by atoms with Crippen molar-refractivity contribution in [3.8, 4) is 5.75 Å². The molecule has 1 saturated carbocycles. The van der Waals surface area contributed by atoms with Crippen molar-refractivity contribution in [2.24, 2.45) is 0 Å². The molecule has 1 amide bonds. The van der Waals surface area contributed by atoms with Gasteiger partial charge in [0.2, 0.25) is 6.10 Å². The van der Waals surface area contributed by atoms with Gasteiger partial charge in [-0.05, 0) is 53.4 Å². The summed E-state index contributed by atoms with van der Waals surface area (Å²) in [5, 5.41) is 3.02. The standard InChI is InChI=1S/C18H18BrNO2/c1-12-7-10-16(15(19)11-12)22-17(13-5-3-2-4-6-13)18(21)20-14-8-9-14/h2-7,10-11,14,17H,8-9H2,1H3,(H,20,21)/t17-/m0/s1. The Labute approximate surface area is 138 Å². The van der Waals surface area contributed by atoms with Gasteiger partial charge in [0.25, 0.3) is 5.91 Å². The highest BCUT2D eigenvalue weighted by molar-refractivity contribution is 9.10. The summed E-state index contributed by atoms with van der Waals surface area (Å²) < 4.78 is 6.87. The number of carbonyl (C=O) groups excluding carboxylic acids is 1. The molecule has 114 valence electrons. The average molecular weight is 360 g/mol. The molecule has 22 heavy (non-hydrogen) atoms. The van der Waals surface area contributed by atoms with Crippen molar-refractivity contribution in [3.05, 3.63) is 64.1 Å². The third-order valence-corrected chi connectivity index (χ3v) is 4.22. The van der Waals surface area contributed by atoms with E-state index in [2.05, 4.69) is 21.2 Å². The van der Waals surface area contributed by atoms with Crippen molar-refractivity contribution in [2.75, 3.05) is 0 Å². The van der Waals surface area contributed by atoms with Gasteiger partial charge < -0.3 is 10.1 Å². The summed E-state index contributed by atoms with van der Waals surface area (Å²) in [6.45, 7) is 2.02. The van der Waals surface area contributed by atoms with Crippen LogP contribution < -0.4 is 10.1 Å². The Balaban J connectivity index is 1.85. The molecular weight excluding hydrogens is 342 g/mol. The largest absolute Gasteiger partial charge is 0.475 e. The summed E-state index contributed by atoms with van der Waals surface area (Å²) in [6, 6.07) is 15.8. The molecule has 0 aliphatic heterocycles. The van der Waals surface area contributed by atoms with Gasteiger partial charge in [0.15, 0.2) is 0 Å². The average Bonchev–Trinajstić information content (AvgIpc) is 3.31.